The highest BCUT2D eigenvalue weighted by Gasteiger charge is 2.32. The summed E-state index contributed by atoms with van der Waals surface area (Å²) in [6, 6.07) is 28.7. The lowest BCUT2D eigenvalue weighted by Crippen LogP contribution is -2.32. The van der Waals surface area contributed by atoms with Crippen molar-refractivity contribution in [1.82, 2.24) is 5.32 Å². The number of carboxylic acids is 1. The van der Waals surface area contributed by atoms with Crippen LogP contribution in [0.2, 0.25) is 0 Å². The molecule has 2 heterocycles. The van der Waals surface area contributed by atoms with Crippen LogP contribution in [-0.2, 0) is 32.2 Å². The molecule has 1 aliphatic rings. The summed E-state index contributed by atoms with van der Waals surface area (Å²) < 4.78 is 13.7. The molecule has 5 rings (SSSR count). The van der Waals surface area contributed by atoms with Crippen molar-refractivity contribution < 1.29 is 34.0 Å². The minimum Gasteiger partial charge on any atom is -0.618 e. The zero-order chi connectivity index (χ0) is 30.9. The van der Waals surface area contributed by atoms with Gasteiger partial charge in [-0.05, 0) is 33.9 Å². The van der Waals surface area contributed by atoms with Gasteiger partial charge in [-0.15, -0.1) is 0 Å². The van der Waals surface area contributed by atoms with Crippen molar-refractivity contribution in [3.05, 3.63) is 125 Å². The first-order chi connectivity index (χ1) is 21.4. The highest BCUT2D eigenvalue weighted by molar-refractivity contribution is 7.99. The molecular weight excluding hydrogens is 580 g/mol. The number of ether oxygens (including phenoxy) is 2. The highest BCUT2D eigenvalue weighted by atomic mass is 32.2. The summed E-state index contributed by atoms with van der Waals surface area (Å²) in [5, 5.41) is 33.9. The van der Waals surface area contributed by atoms with E-state index < -0.39 is 12.3 Å². The molecule has 0 spiro atoms. The van der Waals surface area contributed by atoms with Crippen LogP contribution in [0.1, 0.15) is 53.9 Å². The van der Waals surface area contributed by atoms with Crippen molar-refractivity contribution in [3.63, 3.8) is 0 Å². The third kappa shape index (κ3) is 8.23. The van der Waals surface area contributed by atoms with E-state index in [0.717, 1.165) is 38.1 Å². The topological polar surface area (TPSA) is 132 Å². The van der Waals surface area contributed by atoms with Crippen LogP contribution in [0.3, 0.4) is 0 Å². The molecular formula is C34H34N2O7S. The Kier molecular flexibility index (Phi) is 10.6. The molecule has 0 saturated carbocycles. The smallest absolute Gasteiger partial charge is 0.303 e. The first-order valence-corrected chi connectivity index (χ1v) is 15.4. The van der Waals surface area contributed by atoms with Crippen molar-refractivity contribution in [2.45, 2.75) is 55.9 Å². The lowest BCUT2D eigenvalue weighted by atomic mass is 9.97. The summed E-state index contributed by atoms with van der Waals surface area (Å²) in [6.07, 6.45) is 0.747. The number of carbonyl (C=O) groups is 2. The van der Waals surface area contributed by atoms with Crippen LogP contribution in [0, 0.1) is 5.21 Å². The summed E-state index contributed by atoms with van der Waals surface area (Å²) in [4.78, 5) is 22.9. The molecule has 1 amide bonds. The first kappa shape index (κ1) is 31.2. The van der Waals surface area contributed by atoms with Crippen LogP contribution >= 0.6 is 11.8 Å². The number of benzene rings is 3. The monoisotopic (exact) mass is 614 g/mol. The predicted octanol–water partition coefficient (Wildman–Crippen LogP) is 5.30. The van der Waals surface area contributed by atoms with Gasteiger partial charge in [-0.3, -0.25) is 9.59 Å². The zero-order valence-electron chi connectivity index (χ0n) is 24.0. The van der Waals surface area contributed by atoms with E-state index in [1.54, 1.807) is 12.1 Å². The van der Waals surface area contributed by atoms with Crippen LogP contribution in [0.15, 0.2) is 102 Å². The summed E-state index contributed by atoms with van der Waals surface area (Å²) >= 11 is 1.44. The van der Waals surface area contributed by atoms with Gasteiger partial charge in [0, 0.05) is 42.8 Å². The van der Waals surface area contributed by atoms with E-state index >= 15 is 0 Å². The van der Waals surface area contributed by atoms with Crippen LogP contribution in [0.25, 0.3) is 11.1 Å². The number of nitrogens with zero attached hydrogens (tertiary/aromatic N) is 1. The second-order valence-electron chi connectivity index (χ2n) is 10.5. The SMILES string of the molecule is O=C(O)CCC(=O)NCc1ccccc1-c1ccc([C@@H]2O[C@H](CSc3cccc[n+]3[O-])C[C@H](c3ccc(CO)cc3)O2)cc1. The molecule has 0 radical (unpaired) electrons. The van der Waals surface area contributed by atoms with E-state index in [1.165, 1.54) is 18.0 Å². The molecule has 0 aliphatic carbocycles. The lowest BCUT2D eigenvalue weighted by Gasteiger charge is -2.36. The summed E-state index contributed by atoms with van der Waals surface area (Å²) in [5.74, 6) is -0.745. The molecule has 0 unspecified atom stereocenters. The van der Waals surface area contributed by atoms with Crippen LogP contribution in [0.4, 0.5) is 0 Å². The molecule has 1 aromatic heterocycles. The number of carboxylic acid groups (broad SMARTS) is 1. The molecule has 3 atom stereocenters. The number of hydrogen-bond acceptors (Lipinski definition) is 7. The molecule has 44 heavy (non-hydrogen) atoms. The van der Waals surface area contributed by atoms with Gasteiger partial charge in [0.15, 0.2) is 12.5 Å². The van der Waals surface area contributed by atoms with Crippen LogP contribution < -0.4 is 10.0 Å². The van der Waals surface area contributed by atoms with E-state index in [2.05, 4.69) is 5.32 Å². The number of aliphatic hydroxyl groups excluding tert-OH is 1. The third-order valence-corrected chi connectivity index (χ3v) is 8.52. The Morgan fingerprint density at radius 1 is 0.909 bits per heavy atom. The van der Waals surface area contributed by atoms with Gasteiger partial charge in [-0.2, -0.15) is 4.73 Å². The Labute approximate surface area is 260 Å². The number of aliphatic hydroxyl groups is 1. The summed E-state index contributed by atoms with van der Waals surface area (Å²) in [5.41, 5.74) is 5.47. The minimum atomic E-state index is -1.01. The van der Waals surface area contributed by atoms with E-state index in [-0.39, 0.29) is 44.1 Å². The standard InChI is InChI=1S/C34H34N2O7S/c37-21-23-8-10-25(11-9-23)30-19-28(22-44-32-7-3-4-18-36(32)41)42-34(43-30)26-14-12-24(13-15-26)29-6-2-1-5-27(29)20-35-31(38)16-17-33(39)40/h1-15,18,28,30,34,37H,16-17,19-22H2,(H,35,38)(H,39,40)/t28-,30+,34+/m0/s1. The Bertz CT molecular complexity index is 1560. The Hall–Kier alpha value is -4.22. The normalized spacial score (nSPS) is 18.1. The second-order valence-corrected chi connectivity index (χ2v) is 11.5. The van der Waals surface area contributed by atoms with E-state index in [0.29, 0.717) is 17.2 Å². The molecule has 3 aromatic carbocycles. The maximum absolute atomic E-state index is 12.2. The van der Waals surface area contributed by atoms with Gasteiger partial charge in [-0.1, -0.05) is 84.6 Å². The average Bonchev–Trinajstić information content (AvgIpc) is 3.06. The van der Waals surface area contributed by atoms with Gasteiger partial charge in [0.05, 0.1) is 25.2 Å². The fourth-order valence-corrected chi connectivity index (χ4v) is 5.94. The molecule has 1 fully saturated rings. The van der Waals surface area contributed by atoms with Gasteiger partial charge in [0.25, 0.3) is 5.03 Å². The van der Waals surface area contributed by atoms with Crippen molar-refractivity contribution in [2.24, 2.45) is 0 Å². The highest BCUT2D eigenvalue weighted by Crippen LogP contribution is 2.39. The van der Waals surface area contributed by atoms with Gasteiger partial charge >= 0.3 is 5.97 Å². The average molecular weight is 615 g/mol. The fraction of sp³-hybridized carbons (Fsp3) is 0.265. The largest absolute Gasteiger partial charge is 0.618 e. The number of carbonyl (C=O) groups excluding carboxylic acids is 1. The maximum Gasteiger partial charge on any atom is 0.303 e. The van der Waals surface area contributed by atoms with Gasteiger partial charge in [0.1, 0.15) is 0 Å². The van der Waals surface area contributed by atoms with Gasteiger partial charge < -0.3 is 30.2 Å². The lowest BCUT2D eigenvalue weighted by molar-refractivity contribution is -0.645. The Morgan fingerprint density at radius 3 is 2.36 bits per heavy atom. The molecule has 228 valence electrons. The molecule has 1 aliphatic heterocycles. The van der Waals surface area contributed by atoms with Crippen LogP contribution in [-0.4, -0.2) is 33.9 Å². The molecule has 4 aromatic rings. The van der Waals surface area contributed by atoms with Gasteiger partial charge in [0.2, 0.25) is 5.91 Å². The van der Waals surface area contributed by atoms with Crippen molar-refractivity contribution in [3.8, 4) is 11.1 Å². The Morgan fingerprint density at radius 2 is 1.64 bits per heavy atom. The maximum atomic E-state index is 12.2. The summed E-state index contributed by atoms with van der Waals surface area (Å²) in [7, 11) is 0. The number of amides is 1. The molecule has 10 heteroatoms. The predicted molar refractivity (Wildman–Crippen MR) is 165 cm³/mol. The number of pyridine rings is 1. The van der Waals surface area contributed by atoms with Crippen molar-refractivity contribution in [2.75, 3.05) is 5.75 Å². The first-order valence-electron chi connectivity index (χ1n) is 14.4. The van der Waals surface area contributed by atoms with Crippen molar-refractivity contribution >= 4 is 23.6 Å². The quantitative estimate of drug-likeness (QED) is 0.111. The number of aromatic nitrogens is 1. The van der Waals surface area contributed by atoms with E-state index in [1.807, 2.05) is 78.9 Å². The zero-order valence-corrected chi connectivity index (χ0v) is 24.8. The summed E-state index contributed by atoms with van der Waals surface area (Å²) in [6.45, 7) is 0.252. The number of hydrogen-bond donors (Lipinski definition) is 3. The van der Waals surface area contributed by atoms with E-state index in [4.69, 9.17) is 14.6 Å². The molecule has 9 nitrogen and oxygen atoms in total. The number of thioether (sulfide) groups is 1. The number of nitrogens with one attached hydrogen (secondary N) is 1. The van der Waals surface area contributed by atoms with Gasteiger partial charge in [-0.25, -0.2) is 0 Å². The number of rotatable bonds is 12. The Balaban J connectivity index is 1.32. The second kappa shape index (κ2) is 15.0. The number of aliphatic carboxylic acids is 1. The van der Waals surface area contributed by atoms with Crippen molar-refractivity contribution in [1.29, 1.82) is 0 Å². The van der Waals surface area contributed by atoms with E-state index in [9.17, 15) is 19.9 Å². The molecule has 0 bridgehead atoms. The third-order valence-electron chi connectivity index (χ3n) is 7.37. The minimum absolute atomic E-state index is 0.0321. The fourth-order valence-electron chi connectivity index (χ4n) is 5.00. The molecule has 3 N–H and O–H groups in total. The van der Waals surface area contributed by atoms with Crippen LogP contribution in [0.5, 0.6) is 0 Å². The molecule has 1 saturated heterocycles.